The molecule has 0 saturated carbocycles. The van der Waals surface area contributed by atoms with E-state index in [4.69, 9.17) is 53.9 Å². The Balaban J connectivity index is 0.000000604. The van der Waals surface area contributed by atoms with Gasteiger partial charge < -0.3 is 35.7 Å². The van der Waals surface area contributed by atoms with E-state index >= 15 is 0 Å². The lowest BCUT2D eigenvalue weighted by Crippen LogP contribution is -2.27. The van der Waals surface area contributed by atoms with Gasteiger partial charge in [-0.15, -0.1) is 0 Å². The van der Waals surface area contributed by atoms with Crippen molar-refractivity contribution in [3.05, 3.63) is 63.1 Å². The van der Waals surface area contributed by atoms with E-state index in [1.165, 1.54) is 37.4 Å². The average Bonchev–Trinajstić information content (AvgIpc) is 3.18. The predicted molar refractivity (Wildman–Crippen MR) is 123 cm³/mol. The Hall–Kier alpha value is -3.77. The second kappa shape index (κ2) is 12.5. The fourth-order valence-electron chi connectivity index (χ4n) is 2.51. The van der Waals surface area contributed by atoms with Crippen molar-refractivity contribution in [3.63, 3.8) is 0 Å². The number of carbonyl (C=O) groups is 1. The van der Waals surface area contributed by atoms with Crippen LogP contribution in [0.15, 0.2) is 30.3 Å². The third-order valence-corrected chi connectivity index (χ3v) is 4.79. The first-order valence-corrected chi connectivity index (χ1v) is 10.5. The standard InChI is InChI=1S/C19H14Cl2FN5O3.C2H3F3O2/c1-29-11-4-9(7-23)5-12(6-11)30-16-13(20)3-2-10(14(16)22)8-25-18(28)15-17(21)27-19(24)26-15;3-2(4,5)1(6)7/h2-6H,8H2,1H3,(H,25,28)(H3,24,26,27);1,6-7H. The third-order valence-electron chi connectivity index (χ3n) is 4.22. The van der Waals surface area contributed by atoms with Crippen LogP contribution in [-0.4, -0.2) is 45.7 Å². The van der Waals surface area contributed by atoms with Crippen LogP contribution in [0.1, 0.15) is 21.6 Å². The lowest BCUT2D eigenvalue weighted by molar-refractivity contribution is -0.275. The molecule has 6 N–H and O–H groups in total. The topological polar surface area (TPSA) is 167 Å². The zero-order valence-electron chi connectivity index (χ0n) is 18.5. The number of ether oxygens (including phenoxy) is 2. The molecule has 0 spiro atoms. The number of nitrogens with one attached hydrogen (secondary N) is 2. The maximum atomic E-state index is 15.0. The molecule has 2 aromatic carbocycles. The molecule has 0 aliphatic carbocycles. The summed E-state index contributed by atoms with van der Waals surface area (Å²) in [4.78, 5) is 18.4. The number of nitrogen functional groups attached to an aromatic ring is 1. The van der Waals surface area contributed by atoms with Crippen molar-refractivity contribution in [2.45, 2.75) is 19.0 Å². The molecule has 0 atom stereocenters. The number of nitriles is 1. The number of carbonyl (C=O) groups excluding carboxylic acids is 1. The van der Waals surface area contributed by atoms with E-state index < -0.39 is 24.2 Å². The first-order valence-electron chi connectivity index (χ1n) is 9.72. The lowest BCUT2D eigenvalue weighted by Gasteiger charge is -2.13. The SMILES string of the molecule is COc1cc(C#N)cc(Oc2c(Cl)ccc(CNC(=O)c3nc(N)[nH]c3Cl)c2F)c1.OC(O)C(F)(F)F. The first kappa shape index (κ1) is 29.5. The van der Waals surface area contributed by atoms with Crippen LogP contribution in [0, 0.1) is 17.1 Å². The fourth-order valence-corrected chi connectivity index (χ4v) is 2.92. The normalized spacial score (nSPS) is 10.8. The van der Waals surface area contributed by atoms with Crippen molar-refractivity contribution in [2.75, 3.05) is 12.8 Å². The number of rotatable bonds is 6. The lowest BCUT2D eigenvalue weighted by atomic mass is 10.2. The number of imidazole rings is 1. The second-order valence-corrected chi connectivity index (χ2v) is 7.63. The van der Waals surface area contributed by atoms with Gasteiger partial charge >= 0.3 is 6.18 Å². The summed E-state index contributed by atoms with van der Waals surface area (Å²) in [5.74, 6) is -1.19. The van der Waals surface area contributed by atoms with E-state index in [1.54, 1.807) is 0 Å². The van der Waals surface area contributed by atoms with Gasteiger partial charge in [0, 0.05) is 18.2 Å². The van der Waals surface area contributed by atoms with E-state index in [1.807, 2.05) is 6.07 Å². The van der Waals surface area contributed by atoms with Gasteiger partial charge in [0.2, 0.25) is 0 Å². The smallest absolute Gasteiger partial charge is 0.439 e. The van der Waals surface area contributed by atoms with Crippen LogP contribution in [0.2, 0.25) is 10.2 Å². The van der Waals surface area contributed by atoms with Crippen LogP contribution in [0.4, 0.5) is 23.5 Å². The van der Waals surface area contributed by atoms with Crippen molar-refractivity contribution in [3.8, 4) is 23.3 Å². The Morgan fingerprint density at radius 3 is 2.41 bits per heavy atom. The van der Waals surface area contributed by atoms with Gasteiger partial charge in [-0.3, -0.25) is 4.79 Å². The number of aliphatic hydroxyl groups excluding tert-OH is 1. The highest BCUT2D eigenvalue weighted by Crippen LogP contribution is 2.35. The zero-order chi connectivity index (χ0) is 27.9. The molecule has 0 saturated heterocycles. The molecule has 3 rings (SSSR count). The predicted octanol–water partition coefficient (Wildman–Crippen LogP) is 3.90. The highest BCUT2D eigenvalue weighted by atomic mass is 35.5. The molecule has 198 valence electrons. The average molecular weight is 566 g/mol. The van der Waals surface area contributed by atoms with Gasteiger partial charge in [-0.2, -0.15) is 18.4 Å². The highest BCUT2D eigenvalue weighted by molar-refractivity contribution is 6.32. The number of benzene rings is 2. The maximum absolute atomic E-state index is 15.0. The number of nitrogens with two attached hydrogens (primary N) is 1. The summed E-state index contributed by atoms with van der Waals surface area (Å²) in [6.45, 7) is -0.192. The summed E-state index contributed by atoms with van der Waals surface area (Å²) in [5.41, 5.74) is 5.70. The van der Waals surface area contributed by atoms with Crippen LogP contribution in [0.25, 0.3) is 0 Å². The quantitative estimate of drug-likeness (QED) is 0.221. The van der Waals surface area contributed by atoms with Gasteiger partial charge in [-0.25, -0.2) is 9.37 Å². The molecule has 1 amide bonds. The monoisotopic (exact) mass is 565 g/mol. The Labute approximate surface area is 216 Å². The maximum Gasteiger partial charge on any atom is 0.439 e. The summed E-state index contributed by atoms with van der Waals surface area (Å²) >= 11 is 11.9. The van der Waals surface area contributed by atoms with E-state index in [-0.39, 0.29) is 51.0 Å². The molecular weight excluding hydrogens is 549 g/mol. The van der Waals surface area contributed by atoms with E-state index in [0.29, 0.717) is 5.75 Å². The van der Waals surface area contributed by atoms with Gasteiger partial charge in [0.05, 0.1) is 23.8 Å². The molecule has 10 nitrogen and oxygen atoms in total. The second-order valence-electron chi connectivity index (χ2n) is 6.84. The van der Waals surface area contributed by atoms with Crippen LogP contribution in [-0.2, 0) is 6.54 Å². The Morgan fingerprint density at radius 1 is 1.27 bits per heavy atom. The van der Waals surface area contributed by atoms with Crippen molar-refractivity contribution < 1.29 is 42.0 Å². The van der Waals surface area contributed by atoms with Gasteiger partial charge in [-0.1, -0.05) is 29.3 Å². The minimum absolute atomic E-state index is 0.00650. The van der Waals surface area contributed by atoms with E-state index in [0.717, 1.165) is 0 Å². The number of anilines is 1. The molecule has 3 aromatic rings. The van der Waals surface area contributed by atoms with Crippen LogP contribution in [0.3, 0.4) is 0 Å². The van der Waals surface area contributed by atoms with Crippen molar-refractivity contribution >= 4 is 35.1 Å². The molecular formula is C21H17Cl2F4N5O5. The molecule has 0 aliphatic rings. The summed E-state index contributed by atoms with van der Waals surface area (Å²) in [6.07, 6.45) is -8.09. The molecule has 16 heteroatoms. The Bertz CT molecular complexity index is 1310. The van der Waals surface area contributed by atoms with Crippen LogP contribution >= 0.6 is 23.2 Å². The minimum atomic E-state index is -4.89. The van der Waals surface area contributed by atoms with Crippen molar-refractivity contribution in [2.24, 2.45) is 0 Å². The number of H-pyrrole nitrogens is 1. The molecule has 1 heterocycles. The number of hydrogen-bond acceptors (Lipinski definition) is 8. The number of halogens is 6. The van der Waals surface area contributed by atoms with E-state index in [2.05, 4.69) is 15.3 Å². The summed E-state index contributed by atoms with van der Waals surface area (Å²) in [6, 6.07) is 9.18. The van der Waals surface area contributed by atoms with Crippen LogP contribution in [0.5, 0.6) is 17.2 Å². The number of aromatic amines is 1. The molecule has 0 bridgehead atoms. The summed E-state index contributed by atoms with van der Waals surface area (Å²) in [7, 11) is 1.43. The van der Waals surface area contributed by atoms with Gasteiger partial charge in [0.1, 0.15) is 16.7 Å². The van der Waals surface area contributed by atoms with Gasteiger partial charge in [-0.05, 0) is 18.2 Å². The Morgan fingerprint density at radius 2 is 1.89 bits per heavy atom. The molecule has 37 heavy (non-hydrogen) atoms. The Kier molecular flexibility index (Phi) is 9.92. The molecule has 1 aromatic heterocycles. The molecule has 0 unspecified atom stereocenters. The minimum Gasteiger partial charge on any atom is -0.497 e. The number of nitrogens with zero attached hydrogens (tertiary/aromatic N) is 2. The highest BCUT2D eigenvalue weighted by Gasteiger charge is 2.36. The number of methoxy groups -OCH3 is 1. The van der Waals surface area contributed by atoms with Crippen LogP contribution < -0.4 is 20.5 Å². The summed E-state index contributed by atoms with van der Waals surface area (Å²) < 4.78 is 57.7. The molecule has 0 aliphatic heterocycles. The summed E-state index contributed by atoms with van der Waals surface area (Å²) in [5, 5.41) is 26.2. The largest absolute Gasteiger partial charge is 0.497 e. The van der Waals surface area contributed by atoms with Crippen molar-refractivity contribution in [1.82, 2.24) is 15.3 Å². The molecule has 0 radical (unpaired) electrons. The number of amides is 1. The molecule has 0 fully saturated rings. The zero-order valence-corrected chi connectivity index (χ0v) is 20.0. The van der Waals surface area contributed by atoms with E-state index in [9.17, 15) is 22.4 Å². The fraction of sp³-hybridized carbons (Fsp3) is 0.190. The number of aliphatic hydroxyl groups is 2. The first-order chi connectivity index (χ1) is 17.3. The number of hydrogen-bond donors (Lipinski definition) is 5. The van der Waals surface area contributed by atoms with Crippen molar-refractivity contribution in [1.29, 1.82) is 5.26 Å². The van der Waals surface area contributed by atoms with Gasteiger partial charge in [0.15, 0.2) is 23.2 Å². The van der Waals surface area contributed by atoms with Gasteiger partial charge in [0.25, 0.3) is 12.2 Å². The number of aromatic nitrogens is 2. The third kappa shape index (κ3) is 8.12. The number of alkyl halides is 3.